The molecule has 1 aliphatic heterocycles. The van der Waals surface area contributed by atoms with Gasteiger partial charge in [0.25, 0.3) is 0 Å². The molecule has 2 unspecified atom stereocenters. The monoisotopic (exact) mass is 306 g/mol. The van der Waals surface area contributed by atoms with Crippen molar-refractivity contribution in [3.63, 3.8) is 0 Å². The SMILES string of the molecule is CCC1(C)CC(O)(c2ccc(F)c(C(F)(F)F)c2)CCO1. The molecule has 2 rings (SSSR count). The van der Waals surface area contributed by atoms with Gasteiger partial charge in [0.15, 0.2) is 0 Å². The molecule has 2 nitrogen and oxygen atoms in total. The first-order chi connectivity index (χ1) is 9.60. The normalized spacial score (nSPS) is 30.4. The number of ether oxygens (including phenoxy) is 1. The van der Waals surface area contributed by atoms with Crippen LogP contribution in [0.5, 0.6) is 0 Å². The van der Waals surface area contributed by atoms with Crippen LogP contribution in [0.15, 0.2) is 18.2 Å². The third-order valence-electron chi connectivity index (χ3n) is 4.19. The lowest BCUT2D eigenvalue weighted by Crippen LogP contribution is -2.45. The molecule has 21 heavy (non-hydrogen) atoms. The summed E-state index contributed by atoms with van der Waals surface area (Å²) in [4.78, 5) is 0. The van der Waals surface area contributed by atoms with Crippen molar-refractivity contribution >= 4 is 0 Å². The molecule has 2 atom stereocenters. The number of rotatable bonds is 2. The molecule has 118 valence electrons. The Hall–Kier alpha value is -1.14. The quantitative estimate of drug-likeness (QED) is 0.837. The smallest absolute Gasteiger partial charge is 0.385 e. The van der Waals surface area contributed by atoms with Crippen molar-refractivity contribution in [1.82, 2.24) is 0 Å². The molecule has 1 aromatic carbocycles. The highest BCUT2D eigenvalue weighted by Crippen LogP contribution is 2.42. The summed E-state index contributed by atoms with van der Waals surface area (Å²) in [6.07, 6.45) is -3.79. The number of aliphatic hydroxyl groups is 1. The summed E-state index contributed by atoms with van der Waals surface area (Å²) >= 11 is 0. The van der Waals surface area contributed by atoms with Crippen molar-refractivity contribution in [3.05, 3.63) is 35.1 Å². The van der Waals surface area contributed by atoms with Crippen LogP contribution >= 0.6 is 0 Å². The van der Waals surface area contributed by atoms with Gasteiger partial charge in [-0.2, -0.15) is 13.2 Å². The number of hydrogen-bond acceptors (Lipinski definition) is 2. The minimum Gasteiger partial charge on any atom is -0.385 e. The van der Waals surface area contributed by atoms with Gasteiger partial charge in [-0.1, -0.05) is 13.0 Å². The second-order valence-electron chi connectivity index (χ2n) is 5.80. The molecule has 0 saturated carbocycles. The van der Waals surface area contributed by atoms with Gasteiger partial charge in [-0.3, -0.25) is 0 Å². The number of halogens is 4. The second-order valence-corrected chi connectivity index (χ2v) is 5.80. The van der Waals surface area contributed by atoms with Crippen LogP contribution in [-0.4, -0.2) is 17.3 Å². The summed E-state index contributed by atoms with van der Waals surface area (Å²) in [7, 11) is 0. The van der Waals surface area contributed by atoms with Crippen LogP contribution in [0.2, 0.25) is 0 Å². The van der Waals surface area contributed by atoms with Gasteiger partial charge < -0.3 is 9.84 Å². The lowest BCUT2D eigenvalue weighted by atomic mass is 9.77. The zero-order chi connectivity index (χ0) is 15.9. The fourth-order valence-corrected chi connectivity index (χ4v) is 2.73. The summed E-state index contributed by atoms with van der Waals surface area (Å²) in [5.41, 5.74) is -3.30. The van der Waals surface area contributed by atoms with Crippen molar-refractivity contribution in [2.45, 2.75) is 50.5 Å². The molecule has 1 N–H and O–H groups in total. The van der Waals surface area contributed by atoms with Crippen molar-refractivity contribution in [2.24, 2.45) is 0 Å². The number of alkyl halides is 3. The van der Waals surface area contributed by atoms with E-state index in [9.17, 15) is 22.7 Å². The van der Waals surface area contributed by atoms with E-state index in [0.29, 0.717) is 12.5 Å². The topological polar surface area (TPSA) is 29.5 Å². The summed E-state index contributed by atoms with van der Waals surface area (Å²) in [5, 5.41) is 10.7. The van der Waals surface area contributed by atoms with Crippen LogP contribution in [0.1, 0.15) is 44.2 Å². The standard InChI is InChI=1S/C15H18F4O2/c1-3-13(2)9-14(20,6-7-21-13)10-4-5-12(16)11(8-10)15(17,18)19/h4-5,8,20H,3,6-7,9H2,1-2H3. The summed E-state index contributed by atoms with van der Waals surface area (Å²) in [5.74, 6) is -1.33. The highest BCUT2D eigenvalue weighted by atomic mass is 19.4. The van der Waals surface area contributed by atoms with Gasteiger partial charge in [0, 0.05) is 12.8 Å². The molecular weight excluding hydrogens is 288 g/mol. The van der Waals surface area contributed by atoms with E-state index in [0.717, 1.165) is 6.07 Å². The van der Waals surface area contributed by atoms with E-state index in [-0.39, 0.29) is 25.0 Å². The van der Waals surface area contributed by atoms with Gasteiger partial charge in [-0.15, -0.1) is 0 Å². The lowest BCUT2D eigenvalue weighted by molar-refractivity contribution is -0.158. The van der Waals surface area contributed by atoms with Gasteiger partial charge >= 0.3 is 6.18 Å². The predicted molar refractivity (Wildman–Crippen MR) is 69.2 cm³/mol. The maximum absolute atomic E-state index is 13.3. The molecule has 1 heterocycles. The first-order valence-corrected chi connectivity index (χ1v) is 6.83. The Labute approximate surface area is 120 Å². The molecule has 0 spiro atoms. The van der Waals surface area contributed by atoms with Crippen LogP contribution in [-0.2, 0) is 16.5 Å². The third kappa shape index (κ3) is 3.21. The van der Waals surface area contributed by atoms with E-state index in [4.69, 9.17) is 4.74 Å². The van der Waals surface area contributed by atoms with Gasteiger partial charge in [0.2, 0.25) is 0 Å². The molecule has 0 aliphatic carbocycles. The highest BCUT2D eigenvalue weighted by Gasteiger charge is 2.43. The highest BCUT2D eigenvalue weighted by molar-refractivity contribution is 5.32. The Morgan fingerprint density at radius 1 is 1.33 bits per heavy atom. The second kappa shape index (κ2) is 5.25. The van der Waals surface area contributed by atoms with Gasteiger partial charge in [0.1, 0.15) is 5.82 Å². The molecule has 1 aliphatic rings. The Kier molecular flexibility index (Phi) is 4.06. The Morgan fingerprint density at radius 3 is 2.57 bits per heavy atom. The van der Waals surface area contributed by atoms with Crippen LogP contribution < -0.4 is 0 Å². The van der Waals surface area contributed by atoms with Gasteiger partial charge in [-0.05, 0) is 31.0 Å². The van der Waals surface area contributed by atoms with Crippen molar-refractivity contribution in [1.29, 1.82) is 0 Å². The molecule has 1 saturated heterocycles. The summed E-state index contributed by atoms with van der Waals surface area (Å²) in [6.45, 7) is 3.95. The first-order valence-electron chi connectivity index (χ1n) is 6.83. The number of benzene rings is 1. The van der Waals surface area contributed by atoms with E-state index >= 15 is 0 Å². The van der Waals surface area contributed by atoms with Crippen LogP contribution in [0.4, 0.5) is 17.6 Å². The van der Waals surface area contributed by atoms with Crippen molar-refractivity contribution < 1.29 is 27.4 Å². The minimum atomic E-state index is -4.78. The molecule has 0 amide bonds. The van der Waals surface area contributed by atoms with E-state index in [1.54, 1.807) is 0 Å². The summed E-state index contributed by atoms with van der Waals surface area (Å²) in [6, 6.07) is 2.68. The van der Waals surface area contributed by atoms with E-state index in [2.05, 4.69) is 0 Å². The largest absolute Gasteiger partial charge is 0.419 e. The Balaban J connectivity index is 2.41. The van der Waals surface area contributed by atoms with Gasteiger partial charge in [0.05, 0.1) is 23.4 Å². The molecule has 1 aromatic rings. The molecule has 0 radical (unpaired) electrons. The molecular formula is C15H18F4O2. The Bertz CT molecular complexity index is 529. The maximum atomic E-state index is 13.3. The van der Waals surface area contributed by atoms with Crippen LogP contribution in [0.3, 0.4) is 0 Å². The molecule has 0 bridgehead atoms. The van der Waals surface area contributed by atoms with Crippen LogP contribution in [0, 0.1) is 5.82 Å². The fourth-order valence-electron chi connectivity index (χ4n) is 2.73. The first kappa shape index (κ1) is 16.2. The van der Waals surface area contributed by atoms with Crippen LogP contribution in [0.25, 0.3) is 0 Å². The van der Waals surface area contributed by atoms with E-state index in [1.165, 1.54) is 6.07 Å². The maximum Gasteiger partial charge on any atom is 0.419 e. The summed E-state index contributed by atoms with van der Waals surface area (Å²) < 4.78 is 57.3. The minimum absolute atomic E-state index is 0.0826. The average Bonchev–Trinajstić information content (AvgIpc) is 2.37. The zero-order valence-electron chi connectivity index (χ0n) is 11.9. The van der Waals surface area contributed by atoms with E-state index < -0.39 is 28.8 Å². The molecule has 6 heteroatoms. The number of hydrogen-bond donors (Lipinski definition) is 1. The molecule has 1 fully saturated rings. The van der Waals surface area contributed by atoms with Gasteiger partial charge in [-0.25, -0.2) is 4.39 Å². The Morgan fingerprint density at radius 2 is 2.00 bits per heavy atom. The average molecular weight is 306 g/mol. The zero-order valence-corrected chi connectivity index (χ0v) is 11.9. The third-order valence-corrected chi connectivity index (χ3v) is 4.19. The van der Waals surface area contributed by atoms with E-state index in [1.807, 2.05) is 13.8 Å². The predicted octanol–water partition coefficient (Wildman–Crippen LogP) is 4.01. The molecule has 0 aromatic heterocycles. The van der Waals surface area contributed by atoms with Crippen molar-refractivity contribution in [3.8, 4) is 0 Å². The van der Waals surface area contributed by atoms with Crippen molar-refractivity contribution in [2.75, 3.05) is 6.61 Å². The lowest BCUT2D eigenvalue weighted by Gasteiger charge is -2.43. The fraction of sp³-hybridized carbons (Fsp3) is 0.600.